The van der Waals surface area contributed by atoms with Crippen molar-refractivity contribution in [3.8, 4) is 67.5 Å². The van der Waals surface area contributed by atoms with Crippen molar-refractivity contribution >= 4 is 32.8 Å². The van der Waals surface area contributed by atoms with Crippen molar-refractivity contribution in [3.63, 3.8) is 0 Å². The van der Waals surface area contributed by atoms with Crippen LogP contribution in [0.1, 0.15) is 0 Å². The number of hydrogen-bond donors (Lipinski definition) is 0. The Morgan fingerprint density at radius 3 is 1.57 bits per heavy atom. The molecule has 3 heterocycles. The van der Waals surface area contributed by atoms with Crippen LogP contribution in [-0.2, 0) is 0 Å². The van der Waals surface area contributed by atoms with Gasteiger partial charge in [0.15, 0.2) is 5.82 Å². The maximum absolute atomic E-state index is 7.02. The second-order valence-electron chi connectivity index (χ2n) is 13.2. The fraction of sp³-hybridized carbons (Fsp3) is 0. The Kier molecular flexibility index (Phi) is 7.43. The highest BCUT2D eigenvalue weighted by molar-refractivity contribution is 6.17. The van der Waals surface area contributed by atoms with E-state index in [2.05, 4.69) is 140 Å². The third-order valence-electron chi connectivity index (χ3n) is 9.89. The highest BCUT2D eigenvalue weighted by atomic mass is 16.3. The van der Waals surface area contributed by atoms with E-state index in [1.54, 1.807) is 0 Å². The van der Waals surface area contributed by atoms with Gasteiger partial charge in [-0.2, -0.15) is 0 Å². The van der Waals surface area contributed by atoms with Gasteiger partial charge in [-0.25, -0.2) is 15.0 Å². The molecular weight excluding hydrogens is 647 g/mol. The summed E-state index contributed by atoms with van der Waals surface area (Å²) in [6, 6.07) is 64.8. The molecule has 7 aromatic carbocycles. The van der Waals surface area contributed by atoms with Crippen LogP contribution in [0.15, 0.2) is 192 Å². The van der Waals surface area contributed by atoms with E-state index in [0.29, 0.717) is 5.82 Å². The van der Waals surface area contributed by atoms with Crippen molar-refractivity contribution in [2.45, 2.75) is 0 Å². The molecular formula is C49H31N3O. The lowest BCUT2D eigenvalue weighted by Gasteiger charge is -2.11. The molecule has 0 N–H and O–H groups in total. The number of benzene rings is 7. The number of para-hydroxylation sites is 1. The summed E-state index contributed by atoms with van der Waals surface area (Å²) in [5, 5.41) is 3.00. The largest absolute Gasteiger partial charge is 0.455 e. The molecule has 0 saturated carbocycles. The average Bonchev–Trinajstić information content (AvgIpc) is 3.65. The minimum atomic E-state index is 0.715. The van der Waals surface area contributed by atoms with Crippen LogP contribution >= 0.6 is 0 Å². The summed E-state index contributed by atoms with van der Waals surface area (Å²) in [4.78, 5) is 15.3. The first-order chi connectivity index (χ1) is 26.3. The van der Waals surface area contributed by atoms with Gasteiger partial charge in [-0.05, 0) is 34.9 Å². The Hall–Kier alpha value is -7.17. The number of pyridine rings is 1. The van der Waals surface area contributed by atoms with Crippen LogP contribution in [0.5, 0.6) is 0 Å². The van der Waals surface area contributed by atoms with Gasteiger partial charge in [0.2, 0.25) is 0 Å². The molecule has 0 aliphatic carbocycles. The zero-order chi connectivity index (χ0) is 35.1. The molecule has 0 saturated heterocycles. The van der Waals surface area contributed by atoms with Crippen LogP contribution in [0, 0.1) is 0 Å². The molecule has 0 radical (unpaired) electrons. The number of fused-ring (bicyclic) bond motifs is 4. The van der Waals surface area contributed by atoms with E-state index in [1.165, 1.54) is 0 Å². The molecule has 0 aliphatic heterocycles. The lowest BCUT2D eigenvalue weighted by Crippen LogP contribution is -1.95. The molecule has 0 unspecified atom stereocenters. The van der Waals surface area contributed by atoms with E-state index in [9.17, 15) is 0 Å². The van der Waals surface area contributed by atoms with Gasteiger partial charge >= 0.3 is 0 Å². The molecule has 53 heavy (non-hydrogen) atoms. The first kappa shape index (κ1) is 30.6. The minimum absolute atomic E-state index is 0.715. The predicted molar refractivity (Wildman–Crippen MR) is 217 cm³/mol. The maximum atomic E-state index is 7.02. The van der Waals surface area contributed by atoms with E-state index in [0.717, 1.165) is 94.4 Å². The van der Waals surface area contributed by atoms with E-state index >= 15 is 0 Å². The van der Waals surface area contributed by atoms with E-state index in [-0.39, 0.29) is 0 Å². The molecule has 4 nitrogen and oxygen atoms in total. The van der Waals surface area contributed by atoms with Crippen LogP contribution in [0.25, 0.3) is 100 Å². The molecule has 248 valence electrons. The van der Waals surface area contributed by atoms with E-state index in [1.807, 2.05) is 48.5 Å². The number of nitrogens with zero attached hydrogens (tertiary/aromatic N) is 3. The summed E-state index contributed by atoms with van der Waals surface area (Å²) < 4.78 is 7.02. The second kappa shape index (κ2) is 12.9. The monoisotopic (exact) mass is 677 g/mol. The normalized spacial score (nSPS) is 11.4. The van der Waals surface area contributed by atoms with Crippen molar-refractivity contribution in [3.05, 3.63) is 188 Å². The predicted octanol–water partition coefficient (Wildman–Crippen LogP) is 12.9. The van der Waals surface area contributed by atoms with Crippen LogP contribution in [0.2, 0.25) is 0 Å². The molecule has 0 fully saturated rings. The van der Waals surface area contributed by atoms with E-state index in [4.69, 9.17) is 19.4 Å². The Morgan fingerprint density at radius 1 is 0.340 bits per heavy atom. The summed E-state index contributed by atoms with van der Waals surface area (Å²) in [7, 11) is 0. The van der Waals surface area contributed by atoms with Gasteiger partial charge in [-0.3, -0.25) is 0 Å². The molecule has 0 amide bonds. The van der Waals surface area contributed by atoms with Gasteiger partial charge in [0, 0.05) is 38.6 Å². The van der Waals surface area contributed by atoms with Gasteiger partial charge in [-0.15, -0.1) is 0 Å². The van der Waals surface area contributed by atoms with Gasteiger partial charge in [0.25, 0.3) is 0 Å². The van der Waals surface area contributed by atoms with Crippen molar-refractivity contribution in [2.24, 2.45) is 0 Å². The van der Waals surface area contributed by atoms with Gasteiger partial charge in [-0.1, -0.05) is 170 Å². The minimum Gasteiger partial charge on any atom is -0.455 e. The van der Waals surface area contributed by atoms with Crippen LogP contribution in [0.3, 0.4) is 0 Å². The first-order valence-electron chi connectivity index (χ1n) is 17.8. The zero-order valence-electron chi connectivity index (χ0n) is 28.6. The molecule has 3 aromatic heterocycles. The van der Waals surface area contributed by atoms with Crippen LogP contribution < -0.4 is 0 Å². The maximum Gasteiger partial charge on any atom is 0.160 e. The standard InChI is InChI=1S/C49H31N3O/c1-5-15-33(16-6-1)43-44-46(34-17-7-2-8-18-34)50-42-30-29-38(31-40(42)48(44)53-47(43)36-19-9-3-10-20-36)32-25-27-35(28-26-32)45-39-23-13-14-24-41(39)51-49(52-45)37-21-11-4-12-22-37/h1-31H. The topological polar surface area (TPSA) is 51.8 Å². The molecule has 0 bridgehead atoms. The third-order valence-corrected chi connectivity index (χ3v) is 9.89. The number of furan rings is 1. The number of hydrogen-bond acceptors (Lipinski definition) is 4. The van der Waals surface area contributed by atoms with Gasteiger partial charge in [0.1, 0.15) is 11.3 Å². The van der Waals surface area contributed by atoms with E-state index < -0.39 is 0 Å². The van der Waals surface area contributed by atoms with Crippen molar-refractivity contribution < 1.29 is 4.42 Å². The van der Waals surface area contributed by atoms with Crippen molar-refractivity contribution in [2.75, 3.05) is 0 Å². The zero-order valence-corrected chi connectivity index (χ0v) is 28.6. The smallest absolute Gasteiger partial charge is 0.160 e. The average molecular weight is 678 g/mol. The molecule has 4 heteroatoms. The highest BCUT2D eigenvalue weighted by Crippen LogP contribution is 2.47. The quantitative estimate of drug-likeness (QED) is 0.176. The molecule has 0 spiro atoms. The SMILES string of the molecule is c1ccc(-c2nc(-c3ccc(-c4ccc5nc(-c6ccccc6)c6c(-c7ccccc7)c(-c7ccccc7)oc6c5c4)cc3)c3ccccc3n2)cc1. The first-order valence-corrected chi connectivity index (χ1v) is 17.8. The molecule has 10 aromatic rings. The Balaban J connectivity index is 1.15. The number of aromatic nitrogens is 3. The Morgan fingerprint density at radius 2 is 0.868 bits per heavy atom. The summed E-state index contributed by atoms with van der Waals surface area (Å²) in [6.07, 6.45) is 0. The number of rotatable bonds is 6. The molecule has 0 aliphatic rings. The fourth-order valence-electron chi connectivity index (χ4n) is 7.33. The third kappa shape index (κ3) is 5.45. The highest BCUT2D eigenvalue weighted by Gasteiger charge is 2.24. The summed E-state index contributed by atoms with van der Waals surface area (Å²) in [5.41, 5.74) is 12.8. The van der Waals surface area contributed by atoms with Crippen LogP contribution in [0.4, 0.5) is 0 Å². The summed E-state index contributed by atoms with van der Waals surface area (Å²) >= 11 is 0. The molecule has 0 atom stereocenters. The fourth-order valence-corrected chi connectivity index (χ4v) is 7.33. The Bertz CT molecular complexity index is 2900. The Labute approximate surface area is 306 Å². The lowest BCUT2D eigenvalue weighted by molar-refractivity contribution is 0.636. The van der Waals surface area contributed by atoms with Crippen LogP contribution in [-0.4, -0.2) is 15.0 Å². The second-order valence-corrected chi connectivity index (χ2v) is 13.2. The van der Waals surface area contributed by atoms with Crippen molar-refractivity contribution in [1.82, 2.24) is 15.0 Å². The van der Waals surface area contributed by atoms with Gasteiger partial charge < -0.3 is 4.42 Å². The summed E-state index contributed by atoms with van der Waals surface area (Å²) in [6.45, 7) is 0. The lowest BCUT2D eigenvalue weighted by atomic mass is 9.94. The molecule has 10 rings (SSSR count). The van der Waals surface area contributed by atoms with Gasteiger partial charge in [0.05, 0.1) is 27.8 Å². The summed E-state index contributed by atoms with van der Waals surface area (Å²) in [5.74, 6) is 1.55. The van der Waals surface area contributed by atoms with Crippen molar-refractivity contribution in [1.29, 1.82) is 0 Å².